The lowest BCUT2D eigenvalue weighted by Crippen LogP contribution is -2.12. The van der Waals surface area contributed by atoms with Crippen molar-refractivity contribution < 1.29 is 9.13 Å². The second-order valence-electron chi connectivity index (χ2n) is 10.0. The minimum atomic E-state index is -0.370. The van der Waals surface area contributed by atoms with Gasteiger partial charge < -0.3 is 15.0 Å². The van der Waals surface area contributed by atoms with Crippen molar-refractivity contribution >= 4 is 22.1 Å². The van der Waals surface area contributed by atoms with Crippen LogP contribution in [0, 0.1) is 5.82 Å². The van der Waals surface area contributed by atoms with E-state index in [-0.39, 0.29) is 5.82 Å². The number of pyridine rings is 3. The zero-order chi connectivity index (χ0) is 28.5. The van der Waals surface area contributed by atoms with E-state index in [0.717, 1.165) is 51.0 Å². The molecule has 42 heavy (non-hydrogen) atoms. The standard InChI is InChI=1S/C33H26FN7O/c1-42-25-13-22(12-24(34)14-25)26-9-10-37-33-27(26)15-30(39-33)32-31-29(40-41-32)8-7-28(38-31)23-11-21(18-36-19-23)17-35-16-20-5-3-2-4-6-20/h2-15,18-19,35H,16-17H2,1H3,(H,37,39)(H,40,41). The van der Waals surface area contributed by atoms with Crippen LogP contribution in [0.4, 0.5) is 4.39 Å². The number of fused-ring (bicyclic) bond motifs is 2. The Balaban J connectivity index is 1.21. The van der Waals surface area contributed by atoms with E-state index in [1.54, 1.807) is 6.20 Å². The molecular weight excluding hydrogens is 529 g/mol. The molecule has 2 aromatic carbocycles. The van der Waals surface area contributed by atoms with Gasteiger partial charge in [-0.2, -0.15) is 5.10 Å². The second kappa shape index (κ2) is 10.9. The summed E-state index contributed by atoms with van der Waals surface area (Å²) in [7, 11) is 1.52. The highest BCUT2D eigenvalue weighted by Gasteiger charge is 2.17. The smallest absolute Gasteiger partial charge is 0.138 e. The van der Waals surface area contributed by atoms with Crippen LogP contribution in [0.1, 0.15) is 11.1 Å². The number of aromatic amines is 2. The zero-order valence-corrected chi connectivity index (χ0v) is 22.7. The molecule has 0 aliphatic rings. The van der Waals surface area contributed by atoms with E-state index < -0.39 is 0 Å². The van der Waals surface area contributed by atoms with Crippen LogP contribution in [-0.2, 0) is 13.1 Å². The fourth-order valence-electron chi connectivity index (χ4n) is 5.16. The van der Waals surface area contributed by atoms with E-state index in [1.165, 1.54) is 24.8 Å². The van der Waals surface area contributed by atoms with E-state index in [1.807, 2.05) is 60.9 Å². The van der Waals surface area contributed by atoms with Crippen molar-refractivity contribution in [2.75, 3.05) is 7.11 Å². The van der Waals surface area contributed by atoms with Gasteiger partial charge in [0.2, 0.25) is 0 Å². The third-order valence-corrected chi connectivity index (χ3v) is 7.20. The van der Waals surface area contributed by atoms with Crippen LogP contribution in [0.5, 0.6) is 5.75 Å². The quantitative estimate of drug-likeness (QED) is 0.194. The molecule has 8 nitrogen and oxygen atoms in total. The summed E-state index contributed by atoms with van der Waals surface area (Å²) in [4.78, 5) is 17.3. The van der Waals surface area contributed by atoms with Gasteiger partial charge in [-0.15, -0.1) is 0 Å². The van der Waals surface area contributed by atoms with Gasteiger partial charge in [0.15, 0.2) is 0 Å². The van der Waals surface area contributed by atoms with E-state index in [4.69, 9.17) is 9.72 Å². The molecule has 0 unspecified atom stereocenters. The van der Waals surface area contributed by atoms with Gasteiger partial charge in [-0.25, -0.2) is 14.4 Å². The molecule has 0 atom stereocenters. The van der Waals surface area contributed by atoms with Crippen LogP contribution >= 0.6 is 0 Å². The van der Waals surface area contributed by atoms with Crippen LogP contribution < -0.4 is 10.1 Å². The van der Waals surface area contributed by atoms with Crippen molar-refractivity contribution in [1.82, 2.24) is 35.5 Å². The Morgan fingerprint density at radius 2 is 1.76 bits per heavy atom. The van der Waals surface area contributed by atoms with Crippen LogP contribution in [0.15, 0.2) is 97.5 Å². The molecule has 0 fully saturated rings. The van der Waals surface area contributed by atoms with E-state index in [9.17, 15) is 4.39 Å². The Morgan fingerprint density at radius 1 is 0.881 bits per heavy atom. The molecule has 9 heteroatoms. The van der Waals surface area contributed by atoms with E-state index >= 15 is 0 Å². The number of hydrogen-bond acceptors (Lipinski definition) is 6. The topological polar surface area (TPSA) is 104 Å². The molecule has 0 radical (unpaired) electrons. The predicted octanol–water partition coefficient (Wildman–Crippen LogP) is 6.67. The molecule has 0 aliphatic carbocycles. The Morgan fingerprint density at radius 3 is 2.64 bits per heavy atom. The van der Waals surface area contributed by atoms with Crippen molar-refractivity contribution in [3.8, 4) is 39.5 Å². The lowest BCUT2D eigenvalue weighted by molar-refractivity contribution is 0.411. The molecule has 0 aliphatic heterocycles. The van der Waals surface area contributed by atoms with Crippen molar-refractivity contribution in [3.63, 3.8) is 0 Å². The van der Waals surface area contributed by atoms with Crippen molar-refractivity contribution in [3.05, 3.63) is 114 Å². The highest BCUT2D eigenvalue weighted by Crippen LogP contribution is 2.35. The second-order valence-corrected chi connectivity index (χ2v) is 10.0. The number of hydrogen-bond donors (Lipinski definition) is 3. The van der Waals surface area contributed by atoms with Gasteiger partial charge in [0, 0.05) is 48.7 Å². The van der Waals surface area contributed by atoms with Gasteiger partial charge >= 0.3 is 0 Å². The predicted molar refractivity (Wildman–Crippen MR) is 161 cm³/mol. The molecule has 0 bridgehead atoms. The lowest BCUT2D eigenvalue weighted by atomic mass is 10.0. The van der Waals surface area contributed by atoms with Gasteiger partial charge in [-0.05, 0) is 64.7 Å². The molecule has 5 aromatic heterocycles. The molecule has 0 amide bonds. The molecule has 3 N–H and O–H groups in total. The van der Waals surface area contributed by atoms with Crippen molar-refractivity contribution in [2.24, 2.45) is 0 Å². The molecule has 7 aromatic rings. The molecule has 7 rings (SSSR count). The Hall–Kier alpha value is -5.41. The number of methoxy groups -OCH3 is 1. The fourth-order valence-corrected chi connectivity index (χ4v) is 5.16. The summed E-state index contributed by atoms with van der Waals surface area (Å²) in [6.45, 7) is 1.47. The number of H-pyrrole nitrogens is 2. The molecular formula is C33H26FN7O. The normalized spacial score (nSPS) is 11.4. The SMILES string of the molecule is COc1cc(F)cc(-c2ccnc3[nH]c(-c4n[nH]c5ccc(-c6cncc(CNCc7ccccc7)c6)nc45)cc23)c1. The fraction of sp³-hybridized carbons (Fsp3) is 0.0909. The highest BCUT2D eigenvalue weighted by atomic mass is 19.1. The Labute approximate surface area is 240 Å². The molecule has 0 spiro atoms. The average molecular weight is 556 g/mol. The van der Waals surface area contributed by atoms with Crippen molar-refractivity contribution in [1.29, 1.82) is 0 Å². The maximum atomic E-state index is 14.3. The Kier molecular flexibility index (Phi) is 6.61. The first-order valence-corrected chi connectivity index (χ1v) is 13.5. The third kappa shape index (κ3) is 4.97. The number of halogens is 1. The minimum absolute atomic E-state index is 0.370. The monoisotopic (exact) mass is 555 g/mol. The summed E-state index contributed by atoms with van der Waals surface area (Å²) < 4.78 is 19.6. The number of benzene rings is 2. The number of nitrogens with one attached hydrogen (secondary N) is 3. The first kappa shape index (κ1) is 25.6. The van der Waals surface area contributed by atoms with Gasteiger partial charge in [-0.3, -0.25) is 10.1 Å². The first-order chi connectivity index (χ1) is 20.6. The summed E-state index contributed by atoms with van der Waals surface area (Å²) in [5.74, 6) is 0.0805. The van der Waals surface area contributed by atoms with Gasteiger partial charge in [0.25, 0.3) is 0 Å². The average Bonchev–Trinajstić information content (AvgIpc) is 3.65. The lowest BCUT2D eigenvalue weighted by Gasteiger charge is -2.07. The Bertz CT molecular complexity index is 2030. The van der Waals surface area contributed by atoms with Gasteiger partial charge in [0.1, 0.15) is 28.4 Å². The number of aromatic nitrogens is 6. The third-order valence-electron chi connectivity index (χ3n) is 7.20. The van der Waals surface area contributed by atoms with Crippen LogP contribution in [0.25, 0.3) is 55.8 Å². The summed E-state index contributed by atoms with van der Waals surface area (Å²) in [6, 6.07) is 24.8. The van der Waals surface area contributed by atoms with Gasteiger partial charge in [0.05, 0.1) is 24.0 Å². The largest absolute Gasteiger partial charge is 0.497 e. The van der Waals surface area contributed by atoms with Crippen LogP contribution in [-0.4, -0.2) is 37.2 Å². The molecule has 5 heterocycles. The minimum Gasteiger partial charge on any atom is -0.497 e. The number of nitrogens with zero attached hydrogens (tertiary/aromatic N) is 4. The van der Waals surface area contributed by atoms with E-state index in [0.29, 0.717) is 29.2 Å². The van der Waals surface area contributed by atoms with E-state index in [2.05, 4.69) is 48.7 Å². The van der Waals surface area contributed by atoms with Crippen molar-refractivity contribution in [2.45, 2.75) is 13.1 Å². The summed E-state index contributed by atoms with van der Waals surface area (Å²) >= 11 is 0. The summed E-state index contributed by atoms with van der Waals surface area (Å²) in [5, 5.41) is 12.0. The number of rotatable bonds is 8. The highest BCUT2D eigenvalue weighted by molar-refractivity contribution is 5.99. The number of ether oxygens (including phenoxy) is 1. The summed E-state index contributed by atoms with van der Waals surface area (Å²) in [6.07, 6.45) is 5.39. The molecule has 206 valence electrons. The van der Waals surface area contributed by atoms with Gasteiger partial charge in [-0.1, -0.05) is 30.3 Å². The molecule has 0 saturated carbocycles. The maximum absolute atomic E-state index is 14.3. The summed E-state index contributed by atoms with van der Waals surface area (Å²) in [5.41, 5.74) is 9.16. The molecule has 0 saturated heterocycles. The van der Waals surface area contributed by atoms with Crippen LogP contribution in [0.2, 0.25) is 0 Å². The first-order valence-electron chi connectivity index (χ1n) is 13.5. The maximum Gasteiger partial charge on any atom is 0.138 e. The zero-order valence-electron chi connectivity index (χ0n) is 22.7. The van der Waals surface area contributed by atoms with Crippen LogP contribution in [0.3, 0.4) is 0 Å².